The Hall–Kier alpha value is 0.130. The molecule has 98 valence electrons. The Balaban J connectivity index is 2.22. The molecular formula is C13H14Br3NO. The van der Waals surface area contributed by atoms with E-state index in [0.717, 1.165) is 10.9 Å². The van der Waals surface area contributed by atoms with Gasteiger partial charge in [0, 0.05) is 17.3 Å². The summed E-state index contributed by atoms with van der Waals surface area (Å²) in [5, 5.41) is 0.767. The van der Waals surface area contributed by atoms with Crippen molar-refractivity contribution in [2.45, 2.75) is 23.2 Å². The predicted molar refractivity (Wildman–Crippen MR) is 84.3 cm³/mol. The molecule has 2 nitrogen and oxygen atoms in total. The van der Waals surface area contributed by atoms with Crippen LogP contribution < -0.4 is 0 Å². The first-order chi connectivity index (χ1) is 8.50. The smallest absolute Gasteiger partial charge is 0.238 e. The van der Waals surface area contributed by atoms with E-state index in [1.165, 1.54) is 0 Å². The third-order valence-corrected chi connectivity index (χ3v) is 7.57. The number of likely N-dealkylation sites (tertiary alicyclic amines) is 1. The van der Waals surface area contributed by atoms with Gasteiger partial charge in [-0.15, -0.1) is 0 Å². The van der Waals surface area contributed by atoms with Crippen molar-refractivity contribution in [2.75, 3.05) is 5.33 Å². The van der Waals surface area contributed by atoms with Crippen molar-refractivity contribution in [3.05, 3.63) is 35.9 Å². The van der Waals surface area contributed by atoms with Crippen molar-refractivity contribution >= 4 is 53.7 Å². The Morgan fingerprint density at radius 1 is 1.28 bits per heavy atom. The van der Waals surface area contributed by atoms with Gasteiger partial charge in [0.15, 0.2) is 0 Å². The molecule has 0 unspecified atom stereocenters. The van der Waals surface area contributed by atoms with Crippen LogP contribution in [0.2, 0.25) is 0 Å². The number of hydrogen-bond acceptors (Lipinski definition) is 1. The van der Waals surface area contributed by atoms with Gasteiger partial charge >= 0.3 is 0 Å². The highest BCUT2D eigenvalue weighted by atomic mass is 79.9. The Morgan fingerprint density at radius 2 is 1.89 bits per heavy atom. The van der Waals surface area contributed by atoms with Crippen LogP contribution in [0.5, 0.6) is 0 Å². The summed E-state index contributed by atoms with van der Waals surface area (Å²) in [7, 11) is 0. The van der Waals surface area contributed by atoms with Gasteiger partial charge in [-0.05, 0) is 5.56 Å². The zero-order valence-corrected chi connectivity index (χ0v) is 14.7. The SMILES string of the molecule is C[C@@]1(CBr)[C@H](Br)N(Cc2ccccc2)C(=O)[C@@H]1Br. The van der Waals surface area contributed by atoms with Crippen molar-refractivity contribution in [2.24, 2.45) is 5.41 Å². The first-order valence-electron chi connectivity index (χ1n) is 5.69. The largest absolute Gasteiger partial charge is 0.324 e. The Bertz CT molecular complexity index is 439. The molecule has 1 amide bonds. The van der Waals surface area contributed by atoms with Crippen molar-refractivity contribution in [1.82, 2.24) is 4.90 Å². The molecule has 1 aromatic carbocycles. The number of hydrogen-bond donors (Lipinski definition) is 0. The van der Waals surface area contributed by atoms with Crippen LogP contribution in [0.1, 0.15) is 12.5 Å². The van der Waals surface area contributed by atoms with Gasteiger partial charge in [-0.2, -0.15) is 0 Å². The molecule has 18 heavy (non-hydrogen) atoms. The molecule has 1 aromatic rings. The van der Waals surface area contributed by atoms with Gasteiger partial charge in [-0.3, -0.25) is 4.79 Å². The van der Waals surface area contributed by atoms with Crippen LogP contribution in [-0.4, -0.2) is 25.9 Å². The van der Waals surface area contributed by atoms with Gasteiger partial charge < -0.3 is 4.90 Å². The molecule has 0 saturated carbocycles. The van der Waals surface area contributed by atoms with E-state index in [1.54, 1.807) is 0 Å². The second kappa shape index (κ2) is 5.63. The fourth-order valence-corrected chi connectivity index (χ4v) is 5.39. The van der Waals surface area contributed by atoms with Crippen LogP contribution in [0, 0.1) is 5.41 Å². The lowest BCUT2D eigenvalue weighted by Gasteiger charge is -2.30. The maximum absolute atomic E-state index is 12.3. The number of halogens is 3. The molecule has 1 saturated heterocycles. The summed E-state index contributed by atoms with van der Waals surface area (Å²) < 4.78 is 0. The van der Waals surface area contributed by atoms with Gasteiger partial charge in [0.05, 0.1) is 4.95 Å². The van der Waals surface area contributed by atoms with E-state index < -0.39 is 0 Å². The molecular weight excluding hydrogens is 426 g/mol. The lowest BCUT2D eigenvalue weighted by atomic mass is 9.92. The molecule has 0 N–H and O–H groups in total. The minimum atomic E-state index is -0.155. The summed E-state index contributed by atoms with van der Waals surface area (Å²) in [4.78, 5) is 14.1. The van der Waals surface area contributed by atoms with Crippen LogP contribution in [0.4, 0.5) is 0 Å². The lowest BCUT2D eigenvalue weighted by Crippen LogP contribution is -2.35. The van der Waals surface area contributed by atoms with Crippen molar-refractivity contribution in [3.63, 3.8) is 0 Å². The molecule has 5 heteroatoms. The Labute approximate surface area is 133 Å². The molecule has 1 aliphatic rings. The third-order valence-electron chi connectivity index (χ3n) is 3.38. The molecule has 0 aliphatic carbocycles. The second-order valence-electron chi connectivity index (χ2n) is 4.79. The molecule has 0 radical (unpaired) electrons. The molecule has 0 bridgehead atoms. The van der Waals surface area contributed by atoms with Crippen molar-refractivity contribution in [1.29, 1.82) is 0 Å². The number of nitrogens with zero attached hydrogens (tertiary/aromatic N) is 1. The molecule has 0 spiro atoms. The van der Waals surface area contributed by atoms with Gasteiger partial charge in [-0.1, -0.05) is 85.0 Å². The summed E-state index contributed by atoms with van der Waals surface area (Å²) >= 11 is 10.7. The topological polar surface area (TPSA) is 20.3 Å². The molecule has 0 aromatic heterocycles. The molecule has 1 heterocycles. The van der Waals surface area contributed by atoms with E-state index in [2.05, 4.69) is 54.7 Å². The number of carbonyl (C=O) groups is 1. The standard InChI is InChI=1S/C13H14Br3NO/c1-13(8-14)10(15)11(18)17(12(13)16)7-9-5-3-2-4-6-9/h2-6,10,12H,7-8H2,1H3/t10-,12+,13-/m0/s1. The van der Waals surface area contributed by atoms with Gasteiger partial charge in [0.1, 0.15) is 4.83 Å². The number of benzene rings is 1. The lowest BCUT2D eigenvalue weighted by molar-refractivity contribution is -0.128. The molecule has 1 fully saturated rings. The highest BCUT2D eigenvalue weighted by Gasteiger charge is 2.53. The van der Waals surface area contributed by atoms with E-state index in [9.17, 15) is 4.79 Å². The first kappa shape index (κ1) is 14.5. The normalized spacial score (nSPS) is 32.0. The van der Waals surface area contributed by atoms with E-state index in [4.69, 9.17) is 0 Å². The highest BCUT2D eigenvalue weighted by Crippen LogP contribution is 2.46. The number of carbonyl (C=O) groups excluding carboxylic acids is 1. The number of rotatable bonds is 3. The third kappa shape index (κ3) is 2.41. The number of amides is 1. The quantitative estimate of drug-likeness (QED) is 0.516. The van der Waals surface area contributed by atoms with E-state index >= 15 is 0 Å². The Kier molecular flexibility index (Phi) is 4.55. The zero-order chi connectivity index (χ0) is 13.3. The maximum atomic E-state index is 12.3. The maximum Gasteiger partial charge on any atom is 0.238 e. The van der Waals surface area contributed by atoms with Gasteiger partial charge in [0.25, 0.3) is 0 Å². The molecule has 1 aliphatic heterocycles. The van der Waals surface area contributed by atoms with E-state index in [0.29, 0.717) is 6.54 Å². The van der Waals surface area contributed by atoms with Crippen molar-refractivity contribution < 1.29 is 4.79 Å². The highest BCUT2D eigenvalue weighted by molar-refractivity contribution is 9.10. The van der Waals surface area contributed by atoms with Crippen molar-refractivity contribution in [3.8, 4) is 0 Å². The monoisotopic (exact) mass is 437 g/mol. The summed E-state index contributed by atoms with van der Waals surface area (Å²) in [6, 6.07) is 10.1. The average Bonchev–Trinajstić information content (AvgIpc) is 2.56. The van der Waals surface area contributed by atoms with Crippen LogP contribution >= 0.6 is 47.8 Å². The van der Waals surface area contributed by atoms with E-state index in [-0.39, 0.29) is 21.1 Å². The number of alkyl halides is 3. The zero-order valence-electron chi connectivity index (χ0n) is 9.95. The van der Waals surface area contributed by atoms with Crippen LogP contribution in [0.3, 0.4) is 0 Å². The fourth-order valence-electron chi connectivity index (χ4n) is 2.09. The van der Waals surface area contributed by atoms with E-state index in [1.807, 2.05) is 35.2 Å². The van der Waals surface area contributed by atoms with Gasteiger partial charge in [-0.25, -0.2) is 0 Å². The second-order valence-corrected chi connectivity index (χ2v) is 7.13. The summed E-state index contributed by atoms with van der Waals surface area (Å²) in [6.07, 6.45) is 0. The average molecular weight is 440 g/mol. The van der Waals surface area contributed by atoms with Crippen LogP contribution in [0.25, 0.3) is 0 Å². The minimum absolute atomic E-state index is 0.0291. The fraction of sp³-hybridized carbons (Fsp3) is 0.462. The predicted octanol–water partition coefficient (Wildman–Crippen LogP) is 3.91. The summed E-state index contributed by atoms with van der Waals surface area (Å²) in [5.41, 5.74) is 1.00. The minimum Gasteiger partial charge on any atom is -0.324 e. The molecule has 2 rings (SSSR count). The van der Waals surface area contributed by atoms with Crippen LogP contribution in [0.15, 0.2) is 30.3 Å². The van der Waals surface area contributed by atoms with Crippen LogP contribution in [-0.2, 0) is 11.3 Å². The molecule has 3 atom stereocenters. The summed E-state index contributed by atoms with van der Waals surface area (Å²) in [6.45, 7) is 2.74. The summed E-state index contributed by atoms with van der Waals surface area (Å²) in [5.74, 6) is 0.141. The van der Waals surface area contributed by atoms with Gasteiger partial charge in [0.2, 0.25) is 5.91 Å². The Morgan fingerprint density at radius 3 is 2.39 bits per heavy atom. The first-order valence-corrected chi connectivity index (χ1v) is 8.64.